The van der Waals surface area contributed by atoms with Crippen LogP contribution in [-0.4, -0.2) is 17.0 Å². The van der Waals surface area contributed by atoms with E-state index in [0.29, 0.717) is 5.92 Å². The molecule has 0 saturated heterocycles. The minimum absolute atomic E-state index is 0.00227. The summed E-state index contributed by atoms with van der Waals surface area (Å²) in [6.45, 7) is 4.36. The van der Waals surface area contributed by atoms with Crippen molar-refractivity contribution >= 4 is 27.2 Å². The molecule has 0 spiro atoms. The number of para-hydroxylation sites is 1. The maximum absolute atomic E-state index is 12.8. The lowest BCUT2D eigenvalue weighted by Gasteiger charge is -2.26. The van der Waals surface area contributed by atoms with E-state index in [4.69, 9.17) is 4.98 Å². The number of nitrogens with zero attached hydrogens (tertiary/aromatic N) is 2. The molecule has 2 aromatic heterocycles. The van der Waals surface area contributed by atoms with Gasteiger partial charge >= 0.3 is 0 Å². The monoisotopic (exact) mass is 353 g/mol. The normalized spacial score (nSPS) is 18.1. The Balaban J connectivity index is 1.75. The van der Waals surface area contributed by atoms with Gasteiger partial charge in [-0.3, -0.25) is 4.79 Å². The molecule has 0 radical (unpaired) electrons. The number of hydrogen-bond acceptors (Lipinski definition) is 4. The minimum atomic E-state index is -0.00227. The van der Waals surface area contributed by atoms with Crippen LogP contribution in [0.4, 0.5) is 5.69 Å². The molecule has 130 valence electrons. The van der Waals surface area contributed by atoms with E-state index in [9.17, 15) is 4.79 Å². The molecule has 2 atom stereocenters. The molecule has 1 N–H and O–H groups in total. The zero-order valence-electron chi connectivity index (χ0n) is 14.9. The smallest absolute Gasteiger partial charge is 0.259 e. The second-order valence-electron chi connectivity index (χ2n) is 7.11. The molecule has 0 bridgehead atoms. The third-order valence-corrected chi connectivity index (χ3v) is 6.47. The highest BCUT2D eigenvalue weighted by molar-refractivity contribution is 7.18. The van der Waals surface area contributed by atoms with Gasteiger partial charge in [-0.05, 0) is 49.8 Å². The highest BCUT2D eigenvalue weighted by Crippen LogP contribution is 2.36. The van der Waals surface area contributed by atoms with E-state index in [0.717, 1.165) is 41.0 Å². The van der Waals surface area contributed by atoms with Crippen LogP contribution in [0.3, 0.4) is 0 Å². The van der Waals surface area contributed by atoms with Gasteiger partial charge in [0.15, 0.2) is 0 Å². The number of benzene rings is 1. The van der Waals surface area contributed by atoms with Crippen molar-refractivity contribution in [2.45, 2.75) is 39.2 Å². The van der Waals surface area contributed by atoms with Crippen molar-refractivity contribution in [3.8, 4) is 0 Å². The molecule has 2 unspecified atom stereocenters. The lowest BCUT2D eigenvalue weighted by Crippen LogP contribution is -2.26. The number of aromatic nitrogens is 2. The van der Waals surface area contributed by atoms with Crippen LogP contribution in [0.25, 0.3) is 10.2 Å². The van der Waals surface area contributed by atoms with Crippen molar-refractivity contribution in [3.63, 3.8) is 0 Å². The Morgan fingerprint density at radius 1 is 1.32 bits per heavy atom. The summed E-state index contributed by atoms with van der Waals surface area (Å²) in [4.78, 5) is 25.0. The number of nitrogens with one attached hydrogen (secondary N) is 1. The SMILES string of the molecule is CC1CCc2c(sc3nc(C(C)N(C)c4ccccc4)[nH]c(=O)c23)C1. The van der Waals surface area contributed by atoms with Gasteiger partial charge in [0, 0.05) is 17.6 Å². The van der Waals surface area contributed by atoms with Crippen LogP contribution in [-0.2, 0) is 12.8 Å². The summed E-state index contributed by atoms with van der Waals surface area (Å²) >= 11 is 1.71. The first kappa shape index (κ1) is 16.3. The summed E-state index contributed by atoms with van der Waals surface area (Å²) in [5.41, 5.74) is 2.36. The Labute approximate surface area is 151 Å². The zero-order valence-corrected chi connectivity index (χ0v) is 15.7. The summed E-state index contributed by atoms with van der Waals surface area (Å²) in [6, 6.07) is 10.2. The number of hydrogen-bond donors (Lipinski definition) is 1. The van der Waals surface area contributed by atoms with Crippen LogP contribution in [0.15, 0.2) is 35.1 Å². The summed E-state index contributed by atoms with van der Waals surface area (Å²) in [5.74, 6) is 1.43. The van der Waals surface area contributed by atoms with E-state index in [1.807, 2.05) is 25.2 Å². The van der Waals surface area contributed by atoms with Crippen LogP contribution in [0.1, 0.15) is 42.6 Å². The van der Waals surface area contributed by atoms with Gasteiger partial charge in [-0.15, -0.1) is 11.3 Å². The second-order valence-corrected chi connectivity index (χ2v) is 8.19. The second kappa shape index (κ2) is 6.30. The molecule has 0 saturated carbocycles. The summed E-state index contributed by atoms with van der Waals surface area (Å²) in [7, 11) is 2.03. The van der Waals surface area contributed by atoms with Gasteiger partial charge < -0.3 is 9.88 Å². The van der Waals surface area contributed by atoms with E-state index in [1.54, 1.807) is 11.3 Å². The number of thiophene rings is 1. The first-order valence-electron chi connectivity index (χ1n) is 8.87. The Kier molecular flexibility index (Phi) is 4.12. The molecule has 5 heteroatoms. The third-order valence-electron chi connectivity index (χ3n) is 5.32. The molecule has 1 aromatic carbocycles. The quantitative estimate of drug-likeness (QED) is 0.763. The number of H-pyrrole nitrogens is 1. The van der Waals surface area contributed by atoms with Gasteiger partial charge in [-0.25, -0.2) is 4.98 Å². The molecule has 4 nitrogen and oxygen atoms in total. The van der Waals surface area contributed by atoms with Gasteiger partial charge in [0.25, 0.3) is 5.56 Å². The van der Waals surface area contributed by atoms with E-state index in [-0.39, 0.29) is 11.6 Å². The van der Waals surface area contributed by atoms with E-state index >= 15 is 0 Å². The zero-order chi connectivity index (χ0) is 17.6. The molecule has 0 amide bonds. The fourth-order valence-electron chi connectivity index (χ4n) is 3.63. The summed E-state index contributed by atoms with van der Waals surface area (Å²) in [5, 5.41) is 0.824. The molecule has 25 heavy (non-hydrogen) atoms. The molecule has 1 aliphatic carbocycles. The highest BCUT2D eigenvalue weighted by Gasteiger charge is 2.24. The minimum Gasteiger partial charge on any atom is -0.365 e. The Morgan fingerprint density at radius 3 is 2.84 bits per heavy atom. The molecule has 1 aliphatic rings. The predicted molar refractivity (Wildman–Crippen MR) is 105 cm³/mol. The first-order chi connectivity index (χ1) is 12.0. The maximum Gasteiger partial charge on any atom is 0.259 e. The van der Waals surface area contributed by atoms with Crippen molar-refractivity contribution in [2.75, 3.05) is 11.9 Å². The predicted octanol–water partition coefficient (Wildman–Crippen LogP) is 4.31. The Hall–Kier alpha value is -2.14. The van der Waals surface area contributed by atoms with Crippen LogP contribution in [0, 0.1) is 5.92 Å². The third kappa shape index (κ3) is 2.86. The van der Waals surface area contributed by atoms with Gasteiger partial charge in [0.05, 0.1) is 11.4 Å². The topological polar surface area (TPSA) is 49.0 Å². The lowest BCUT2D eigenvalue weighted by atomic mass is 9.89. The Bertz CT molecular complexity index is 960. The fourth-order valence-corrected chi connectivity index (χ4v) is 5.02. The molecule has 4 rings (SSSR count). The van der Waals surface area contributed by atoms with Crippen LogP contribution < -0.4 is 10.5 Å². The molecule has 2 heterocycles. The standard InChI is InChI=1S/C20H23N3OS/c1-12-9-10-15-16(11-12)25-20-17(15)19(24)21-18(22-20)13(2)23(3)14-7-5-4-6-8-14/h4-8,12-13H,9-11H2,1-3H3,(H,21,22,24). The van der Waals surface area contributed by atoms with Gasteiger partial charge in [-0.2, -0.15) is 0 Å². The number of anilines is 1. The highest BCUT2D eigenvalue weighted by atomic mass is 32.1. The number of fused-ring (bicyclic) bond motifs is 3. The van der Waals surface area contributed by atoms with Crippen molar-refractivity contribution in [2.24, 2.45) is 5.92 Å². The largest absolute Gasteiger partial charge is 0.365 e. The fraction of sp³-hybridized carbons (Fsp3) is 0.400. The van der Waals surface area contributed by atoms with Crippen LogP contribution in [0.5, 0.6) is 0 Å². The average molecular weight is 353 g/mol. The summed E-state index contributed by atoms with van der Waals surface area (Å²) in [6.07, 6.45) is 3.23. The maximum atomic E-state index is 12.8. The Morgan fingerprint density at radius 2 is 2.08 bits per heavy atom. The number of aryl methyl sites for hydroxylation is 1. The molecule has 0 aliphatic heterocycles. The van der Waals surface area contributed by atoms with Crippen molar-refractivity contribution in [3.05, 3.63) is 57.0 Å². The number of aromatic amines is 1. The van der Waals surface area contributed by atoms with E-state index in [1.165, 1.54) is 10.4 Å². The molecule has 3 aromatic rings. The lowest BCUT2D eigenvalue weighted by molar-refractivity contribution is 0.509. The van der Waals surface area contributed by atoms with Gasteiger partial charge in [0.2, 0.25) is 0 Å². The van der Waals surface area contributed by atoms with Crippen molar-refractivity contribution in [1.29, 1.82) is 0 Å². The van der Waals surface area contributed by atoms with Gasteiger partial charge in [0.1, 0.15) is 10.7 Å². The molecular weight excluding hydrogens is 330 g/mol. The van der Waals surface area contributed by atoms with Crippen molar-refractivity contribution in [1.82, 2.24) is 9.97 Å². The molecule has 0 fully saturated rings. The first-order valence-corrected chi connectivity index (χ1v) is 9.68. The molecular formula is C20H23N3OS. The van der Waals surface area contributed by atoms with Crippen LogP contribution in [0.2, 0.25) is 0 Å². The summed E-state index contributed by atoms with van der Waals surface area (Å²) < 4.78 is 0. The van der Waals surface area contributed by atoms with Crippen molar-refractivity contribution < 1.29 is 0 Å². The van der Waals surface area contributed by atoms with E-state index in [2.05, 4.69) is 35.9 Å². The van der Waals surface area contributed by atoms with Gasteiger partial charge in [-0.1, -0.05) is 25.1 Å². The average Bonchev–Trinajstić information content (AvgIpc) is 2.98. The number of rotatable bonds is 3. The van der Waals surface area contributed by atoms with Crippen LogP contribution >= 0.6 is 11.3 Å². The van der Waals surface area contributed by atoms with E-state index < -0.39 is 0 Å².